The molecular formula is C18H17ClFN3O3. The van der Waals surface area contributed by atoms with Gasteiger partial charge >= 0.3 is 0 Å². The van der Waals surface area contributed by atoms with Crippen LogP contribution in [-0.2, 0) is 16.1 Å². The maximum Gasteiger partial charge on any atom is 0.268 e. The highest BCUT2D eigenvalue weighted by molar-refractivity contribution is 6.30. The van der Waals surface area contributed by atoms with Gasteiger partial charge in [0.15, 0.2) is 0 Å². The van der Waals surface area contributed by atoms with Gasteiger partial charge in [-0.1, -0.05) is 17.7 Å². The first-order chi connectivity index (χ1) is 12.3. The fourth-order valence-corrected chi connectivity index (χ4v) is 3.14. The van der Waals surface area contributed by atoms with E-state index in [0.717, 1.165) is 6.07 Å². The van der Waals surface area contributed by atoms with Crippen molar-refractivity contribution in [1.29, 1.82) is 0 Å². The zero-order valence-electron chi connectivity index (χ0n) is 13.7. The number of nitrogens with two attached hydrogens (primary N) is 1. The zero-order chi connectivity index (χ0) is 18.9. The fraction of sp³-hybridized carbons (Fsp3) is 0.222. The Kier molecular flexibility index (Phi) is 4.84. The molecule has 0 aromatic heterocycles. The lowest BCUT2D eigenvalue weighted by Crippen LogP contribution is -2.52. The normalized spacial score (nSPS) is 19.7. The number of halogens is 2. The maximum atomic E-state index is 13.3. The van der Waals surface area contributed by atoms with Gasteiger partial charge in [-0.2, -0.15) is 0 Å². The minimum atomic E-state index is -2.18. The summed E-state index contributed by atoms with van der Waals surface area (Å²) < 4.78 is 13.3. The Bertz CT molecular complexity index is 856. The number of anilines is 2. The summed E-state index contributed by atoms with van der Waals surface area (Å²) in [5, 5.41) is 13.2. The molecule has 1 aliphatic heterocycles. The molecular weight excluding hydrogens is 361 g/mol. The van der Waals surface area contributed by atoms with Gasteiger partial charge in [0.05, 0.1) is 0 Å². The van der Waals surface area contributed by atoms with Crippen LogP contribution in [0.1, 0.15) is 12.0 Å². The highest BCUT2D eigenvalue weighted by Crippen LogP contribution is 2.29. The van der Waals surface area contributed by atoms with Gasteiger partial charge in [-0.25, -0.2) is 4.39 Å². The number of aliphatic hydroxyl groups is 1. The van der Waals surface area contributed by atoms with Crippen LogP contribution in [0.3, 0.4) is 0 Å². The molecule has 1 fully saturated rings. The topological polar surface area (TPSA) is 95.7 Å². The molecule has 0 spiro atoms. The van der Waals surface area contributed by atoms with Gasteiger partial charge in [0.25, 0.3) is 11.8 Å². The molecule has 1 heterocycles. The van der Waals surface area contributed by atoms with Gasteiger partial charge in [-0.15, -0.1) is 0 Å². The van der Waals surface area contributed by atoms with E-state index in [2.05, 4.69) is 5.32 Å². The molecule has 0 aliphatic carbocycles. The van der Waals surface area contributed by atoms with E-state index in [4.69, 9.17) is 17.3 Å². The number of nitrogen functional groups attached to an aromatic ring is 1. The molecule has 2 amide bonds. The van der Waals surface area contributed by atoms with E-state index in [1.54, 1.807) is 24.3 Å². The van der Waals surface area contributed by atoms with Gasteiger partial charge < -0.3 is 21.1 Å². The average Bonchev–Trinajstić information content (AvgIpc) is 2.88. The number of nitrogens with zero attached hydrogens (tertiary/aromatic N) is 1. The number of carbonyl (C=O) groups is 2. The molecule has 136 valence electrons. The van der Waals surface area contributed by atoms with Gasteiger partial charge in [0.1, 0.15) is 5.82 Å². The van der Waals surface area contributed by atoms with E-state index in [9.17, 15) is 19.1 Å². The summed E-state index contributed by atoms with van der Waals surface area (Å²) in [4.78, 5) is 26.3. The second-order valence-electron chi connectivity index (χ2n) is 6.12. The maximum absolute atomic E-state index is 13.3. The molecule has 6 nitrogen and oxygen atoms in total. The van der Waals surface area contributed by atoms with Crippen molar-refractivity contribution >= 4 is 34.8 Å². The summed E-state index contributed by atoms with van der Waals surface area (Å²) in [6, 6.07) is 10.5. The smallest absolute Gasteiger partial charge is 0.268 e. The van der Waals surface area contributed by atoms with Crippen molar-refractivity contribution in [2.45, 2.75) is 18.6 Å². The highest BCUT2D eigenvalue weighted by Gasteiger charge is 2.51. The van der Waals surface area contributed by atoms with Crippen molar-refractivity contribution in [3.8, 4) is 0 Å². The highest BCUT2D eigenvalue weighted by atomic mass is 35.5. The SMILES string of the molecule is Nc1cccc(N2CC[C@](O)(C(=O)NCc3cc(F)cc(Cl)c3)C2=O)c1. The number of amides is 2. The monoisotopic (exact) mass is 377 g/mol. The van der Waals surface area contributed by atoms with E-state index < -0.39 is 23.2 Å². The summed E-state index contributed by atoms with van der Waals surface area (Å²) in [5.74, 6) is -2.10. The Morgan fingerprint density at radius 2 is 2.12 bits per heavy atom. The zero-order valence-corrected chi connectivity index (χ0v) is 14.5. The van der Waals surface area contributed by atoms with Gasteiger partial charge in [-0.3, -0.25) is 9.59 Å². The molecule has 0 saturated carbocycles. The number of hydrogen-bond donors (Lipinski definition) is 3. The summed E-state index contributed by atoms with van der Waals surface area (Å²) in [6.07, 6.45) is -0.0592. The largest absolute Gasteiger partial charge is 0.399 e. The van der Waals surface area contributed by atoms with Gasteiger partial charge in [0, 0.05) is 35.9 Å². The summed E-state index contributed by atoms with van der Waals surface area (Å²) in [7, 11) is 0. The Balaban J connectivity index is 1.71. The predicted molar refractivity (Wildman–Crippen MR) is 96.0 cm³/mol. The molecule has 1 atom stereocenters. The van der Waals surface area contributed by atoms with Crippen LogP contribution in [0.15, 0.2) is 42.5 Å². The lowest BCUT2D eigenvalue weighted by Gasteiger charge is -2.22. The van der Waals surface area contributed by atoms with Crippen LogP contribution in [0.5, 0.6) is 0 Å². The van der Waals surface area contributed by atoms with E-state index in [0.29, 0.717) is 16.9 Å². The third-order valence-corrected chi connectivity index (χ3v) is 4.45. The quantitative estimate of drug-likeness (QED) is 0.559. The van der Waals surface area contributed by atoms with Crippen molar-refractivity contribution in [1.82, 2.24) is 5.32 Å². The first-order valence-electron chi connectivity index (χ1n) is 7.93. The van der Waals surface area contributed by atoms with Crippen LogP contribution in [0, 0.1) is 5.82 Å². The van der Waals surface area contributed by atoms with Crippen LogP contribution >= 0.6 is 11.6 Å². The minimum Gasteiger partial charge on any atom is -0.399 e. The fourth-order valence-electron chi connectivity index (χ4n) is 2.90. The Morgan fingerprint density at radius 1 is 1.35 bits per heavy atom. The van der Waals surface area contributed by atoms with Gasteiger partial charge in [0.2, 0.25) is 5.60 Å². The standard InChI is InChI=1S/C18H17ClFN3O3/c19-12-6-11(7-13(20)8-12)10-22-16(24)18(26)4-5-23(17(18)25)15-3-1-2-14(21)9-15/h1-3,6-9,26H,4-5,10,21H2,(H,22,24)/t18-/m0/s1. The first-order valence-corrected chi connectivity index (χ1v) is 8.30. The van der Waals surface area contributed by atoms with Crippen molar-refractivity contribution in [3.05, 3.63) is 58.9 Å². The molecule has 2 aromatic rings. The number of hydrogen-bond acceptors (Lipinski definition) is 4. The van der Waals surface area contributed by atoms with Crippen molar-refractivity contribution < 1.29 is 19.1 Å². The number of benzene rings is 2. The van der Waals surface area contributed by atoms with Gasteiger partial charge in [-0.05, 0) is 42.0 Å². The van der Waals surface area contributed by atoms with Crippen LogP contribution in [0.4, 0.5) is 15.8 Å². The lowest BCUT2D eigenvalue weighted by molar-refractivity contribution is -0.149. The Labute approximate surface area is 154 Å². The van der Waals surface area contributed by atoms with Crippen LogP contribution in [0.25, 0.3) is 0 Å². The summed E-state index contributed by atoms with van der Waals surface area (Å²) in [5.41, 5.74) is 4.94. The van der Waals surface area contributed by atoms with Crippen molar-refractivity contribution in [3.63, 3.8) is 0 Å². The first kappa shape index (κ1) is 18.2. The molecule has 3 rings (SSSR count). The summed E-state index contributed by atoms with van der Waals surface area (Å²) in [6.45, 7) is 0.113. The molecule has 8 heteroatoms. The molecule has 2 aromatic carbocycles. The number of carbonyl (C=O) groups excluding carboxylic acids is 2. The van der Waals surface area contributed by atoms with E-state index in [1.807, 2.05) is 0 Å². The predicted octanol–water partition coefficient (Wildman–Crippen LogP) is 1.85. The van der Waals surface area contributed by atoms with Crippen LogP contribution < -0.4 is 16.0 Å². The number of nitrogens with one attached hydrogen (secondary N) is 1. The summed E-state index contributed by atoms with van der Waals surface area (Å²) >= 11 is 5.77. The molecule has 1 aliphatic rings. The second kappa shape index (κ2) is 6.93. The molecule has 0 bridgehead atoms. The second-order valence-corrected chi connectivity index (χ2v) is 6.56. The Hall–Kier alpha value is -2.64. The third kappa shape index (κ3) is 3.49. The van der Waals surface area contributed by atoms with Crippen LogP contribution in [0.2, 0.25) is 5.02 Å². The van der Waals surface area contributed by atoms with E-state index in [1.165, 1.54) is 17.0 Å². The lowest BCUT2D eigenvalue weighted by atomic mass is 10.0. The van der Waals surface area contributed by atoms with E-state index in [-0.39, 0.29) is 24.5 Å². The third-order valence-electron chi connectivity index (χ3n) is 4.23. The number of rotatable bonds is 4. The van der Waals surface area contributed by atoms with Crippen LogP contribution in [-0.4, -0.2) is 29.1 Å². The minimum absolute atomic E-state index is 0.0592. The molecule has 26 heavy (non-hydrogen) atoms. The van der Waals surface area contributed by atoms with E-state index >= 15 is 0 Å². The Morgan fingerprint density at radius 3 is 2.81 bits per heavy atom. The molecule has 4 N–H and O–H groups in total. The van der Waals surface area contributed by atoms with Crippen molar-refractivity contribution in [2.75, 3.05) is 17.2 Å². The molecule has 0 radical (unpaired) electrons. The average molecular weight is 378 g/mol. The molecule has 1 saturated heterocycles. The van der Waals surface area contributed by atoms with Crippen molar-refractivity contribution in [2.24, 2.45) is 0 Å². The molecule has 0 unspecified atom stereocenters.